The number of carbonyl (C=O) groups is 1. The Morgan fingerprint density at radius 1 is 1.50 bits per heavy atom. The Morgan fingerprint density at radius 3 is 2.85 bits per heavy atom. The van der Waals surface area contributed by atoms with Crippen molar-refractivity contribution in [1.82, 2.24) is 5.32 Å². The number of methoxy groups -OCH3 is 1. The maximum Gasteiger partial charge on any atom is 0.325 e. The molecule has 1 aliphatic carbocycles. The highest BCUT2D eigenvalue weighted by molar-refractivity contribution is 5.80. The maximum absolute atomic E-state index is 13.0. The normalized spacial score (nSPS) is 17.4. The van der Waals surface area contributed by atoms with Crippen molar-refractivity contribution in [1.29, 1.82) is 0 Å². The van der Waals surface area contributed by atoms with Crippen molar-refractivity contribution in [3.8, 4) is 5.75 Å². The molecule has 0 radical (unpaired) electrons. The molecular weight excluding hydrogens is 261 g/mol. The first-order chi connectivity index (χ1) is 9.53. The number of nitrogens with one attached hydrogen (secondary N) is 1. The van der Waals surface area contributed by atoms with Crippen molar-refractivity contribution >= 4 is 5.97 Å². The number of halogens is 1. The zero-order chi connectivity index (χ0) is 14.6. The van der Waals surface area contributed by atoms with E-state index in [4.69, 9.17) is 9.47 Å². The van der Waals surface area contributed by atoms with Gasteiger partial charge >= 0.3 is 5.97 Å². The number of ether oxygens (including phenoxy) is 2. The lowest BCUT2D eigenvalue weighted by Crippen LogP contribution is -2.52. The van der Waals surface area contributed by atoms with Crippen LogP contribution in [0.3, 0.4) is 0 Å². The van der Waals surface area contributed by atoms with Gasteiger partial charge in [-0.25, -0.2) is 4.39 Å². The Labute approximate surface area is 118 Å². The molecule has 110 valence electrons. The minimum atomic E-state index is -0.761. The van der Waals surface area contributed by atoms with E-state index in [9.17, 15) is 9.18 Å². The van der Waals surface area contributed by atoms with E-state index in [2.05, 4.69) is 5.32 Å². The molecular formula is C15H20FNO3. The third-order valence-electron chi connectivity index (χ3n) is 3.40. The highest BCUT2D eigenvalue weighted by Crippen LogP contribution is 2.25. The Morgan fingerprint density at radius 2 is 2.25 bits per heavy atom. The van der Waals surface area contributed by atoms with Crippen molar-refractivity contribution in [2.24, 2.45) is 0 Å². The molecule has 5 heteroatoms. The minimum Gasteiger partial charge on any atom is -0.493 e. The predicted octanol–water partition coefficient (Wildman–Crippen LogP) is 2.28. The smallest absolute Gasteiger partial charge is 0.325 e. The van der Waals surface area contributed by atoms with E-state index in [1.807, 2.05) is 6.92 Å². The Bertz CT molecular complexity index is 476. The van der Waals surface area contributed by atoms with Gasteiger partial charge in [-0.05, 0) is 31.9 Å². The highest BCUT2D eigenvalue weighted by atomic mass is 19.1. The van der Waals surface area contributed by atoms with Gasteiger partial charge in [0.25, 0.3) is 0 Å². The molecule has 1 saturated carbocycles. The van der Waals surface area contributed by atoms with Crippen LogP contribution in [-0.2, 0) is 9.53 Å². The Balaban J connectivity index is 1.89. The van der Waals surface area contributed by atoms with Crippen LogP contribution in [0.2, 0.25) is 0 Å². The van der Waals surface area contributed by atoms with E-state index in [1.54, 1.807) is 12.1 Å². The van der Waals surface area contributed by atoms with Gasteiger partial charge in [0.2, 0.25) is 0 Å². The minimum absolute atomic E-state index is 0.299. The fraction of sp³-hybridized carbons (Fsp3) is 0.533. The first kappa shape index (κ1) is 14.8. The average molecular weight is 281 g/mol. The summed E-state index contributed by atoms with van der Waals surface area (Å²) in [6.07, 6.45) is 2.63. The molecule has 1 fully saturated rings. The molecule has 1 N–H and O–H groups in total. The number of benzene rings is 1. The topological polar surface area (TPSA) is 47.6 Å². The van der Waals surface area contributed by atoms with E-state index in [0.29, 0.717) is 24.8 Å². The van der Waals surface area contributed by atoms with Crippen LogP contribution in [0.4, 0.5) is 4.39 Å². The fourth-order valence-electron chi connectivity index (χ4n) is 2.07. The SMILES string of the molecule is COC(=O)C(C)(CCOc1cccc(F)c1)NC1CC1. The lowest BCUT2D eigenvalue weighted by molar-refractivity contribution is -0.148. The highest BCUT2D eigenvalue weighted by Gasteiger charge is 2.39. The molecule has 0 aromatic heterocycles. The fourth-order valence-corrected chi connectivity index (χ4v) is 2.07. The van der Waals surface area contributed by atoms with Crippen molar-refractivity contribution in [3.63, 3.8) is 0 Å². The third-order valence-corrected chi connectivity index (χ3v) is 3.40. The van der Waals surface area contributed by atoms with Gasteiger partial charge in [-0.15, -0.1) is 0 Å². The van der Waals surface area contributed by atoms with Gasteiger partial charge in [-0.3, -0.25) is 10.1 Å². The molecule has 2 rings (SSSR count). The lowest BCUT2D eigenvalue weighted by atomic mass is 9.98. The molecule has 0 aliphatic heterocycles. The molecule has 20 heavy (non-hydrogen) atoms. The summed E-state index contributed by atoms with van der Waals surface area (Å²) in [6, 6.07) is 6.34. The van der Waals surface area contributed by atoms with Gasteiger partial charge in [0.15, 0.2) is 0 Å². The van der Waals surface area contributed by atoms with Crippen LogP contribution in [0, 0.1) is 5.82 Å². The first-order valence-corrected chi connectivity index (χ1v) is 6.78. The quantitative estimate of drug-likeness (QED) is 0.779. The lowest BCUT2D eigenvalue weighted by Gasteiger charge is -2.28. The van der Waals surface area contributed by atoms with Gasteiger partial charge in [0.05, 0.1) is 13.7 Å². The summed E-state index contributed by atoms with van der Waals surface area (Å²) in [5, 5.41) is 3.29. The second kappa shape index (κ2) is 6.22. The summed E-state index contributed by atoms with van der Waals surface area (Å²) < 4.78 is 23.4. The second-order valence-corrected chi connectivity index (χ2v) is 5.30. The summed E-state index contributed by atoms with van der Waals surface area (Å²) in [7, 11) is 1.38. The number of hydrogen-bond acceptors (Lipinski definition) is 4. The summed E-state index contributed by atoms with van der Waals surface area (Å²) in [5.74, 6) is -0.176. The molecule has 0 bridgehead atoms. The number of rotatable bonds is 7. The van der Waals surface area contributed by atoms with E-state index in [0.717, 1.165) is 12.8 Å². The van der Waals surface area contributed by atoms with Crippen molar-refractivity contribution in [2.75, 3.05) is 13.7 Å². The van der Waals surface area contributed by atoms with Crippen molar-refractivity contribution < 1.29 is 18.7 Å². The number of hydrogen-bond donors (Lipinski definition) is 1. The van der Waals surface area contributed by atoms with E-state index in [1.165, 1.54) is 19.2 Å². The standard InChI is InChI=1S/C15H20FNO3/c1-15(14(18)19-2,17-12-6-7-12)8-9-20-13-5-3-4-11(16)10-13/h3-5,10,12,17H,6-9H2,1-2H3. The zero-order valence-electron chi connectivity index (χ0n) is 11.8. The molecule has 1 unspecified atom stereocenters. The van der Waals surface area contributed by atoms with Gasteiger partial charge in [-0.2, -0.15) is 0 Å². The first-order valence-electron chi connectivity index (χ1n) is 6.78. The molecule has 1 aliphatic rings. The molecule has 1 aromatic carbocycles. The van der Waals surface area contributed by atoms with E-state index in [-0.39, 0.29) is 11.8 Å². The Kier molecular flexibility index (Phi) is 4.60. The van der Waals surface area contributed by atoms with Crippen LogP contribution in [0.5, 0.6) is 5.75 Å². The molecule has 0 heterocycles. The second-order valence-electron chi connectivity index (χ2n) is 5.30. The number of esters is 1. The Hall–Kier alpha value is -1.62. The van der Waals surface area contributed by atoms with E-state index >= 15 is 0 Å². The monoisotopic (exact) mass is 281 g/mol. The van der Waals surface area contributed by atoms with Crippen LogP contribution in [0.1, 0.15) is 26.2 Å². The summed E-state index contributed by atoms with van der Waals surface area (Å²) in [6.45, 7) is 2.13. The molecule has 0 spiro atoms. The van der Waals surface area contributed by atoms with Crippen LogP contribution in [0.15, 0.2) is 24.3 Å². The van der Waals surface area contributed by atoms with Gasteiger partial charge in [0.1, 0.15) is 17.1 Å². The molecule has 0 amide bonds. The molecule has 1 aromatic rings. The van der Waals surface area contributed by atoms with Crippen LogP contribution >= 0.6 is 0 Å². The zero-order valence-corrected chi connectivity index (χ0v) is 11.8. The van der Waals surface area contributed by atoms with Gasteiger partial charge in [-0.1, -0.05) is 6.07 Å². The average Bonchev–Trinajstić information content (AvgIpc) is 3.21. The molecule has 0 saturated heterocycles. The van der Waals surface area contributed by atoms with Crippen molar-refractivity contribution in [2.45, 2.75) is 37.8 Å². The third kappa shape index (κ3) is 3.93. The molecule has 4 nitrogen and oxygen atoms in total. The number of carbonyl (C=O) groups excluding carboxylic acids is 1. The maximum atomic E-state index is 13.0. The predicted molar refractivity (Wildman–Crippen MR) is 73.1 cm³/mol. The van der Waals surface area contributed by atoms with Crippen molar-refractivity contribution in [3.05, 3.63) is 30.1 Å². The van der Waals surface area contributed by atoms with Crippen LogP contribution in [-0.4, -0.2) is 31.3 Å². The van der Waals surface area contributed by atoms with Gasteiger partial charge in [0, 0.05) is 18.5 Å². The van der Waals surface area contributed by atoms with E-state index < -0.39 is 5.54 Å². The van der Waals surface area contributed by atoms with Gasteiger partial charge < -0.3 is 9.47 Å². The summed E-state index contributed by atoms with van der Waals surface area (Å²) in [5.41, 5.74) is -0.761. The summed E-state index contributed by atoms with van der Waals surface area (Å²) in [4.78, 5) is 11.9. The largest absolute Gasteiger partial charge is 0.493 e. The molecule has 1 atom stereocenters. The summed E-state index contributed by atoms with van der Waals surface area (Å²) >= 11 is 0. The van der Waals surface area contributed by atoms with Crippen LogP contribution in [0.25, 0.3) is 0 Å². The van der Waals surface area contributed by atoms with Crippen LogP contribution < -0.4 is 10.1 Å².